The molecule has 1 N–H and O–H groups in total. The number of nitrogens with one attached hydrogen (secondary N) is 1. The van der Waals surface area contributed by atoms with Crippen molar-refractivity contribution >= 4 is 15.8 Å². The highest BCUT2D eigenvalue weighted by molar-refractivity contribution is 8.00. The Balaban J connectivity index is 3.01. The lowest BCUT2D eigenvalue weighted by atomic mass is 10.2. The van der Waals surface area contributed by atoms with E-state index in [1.807, 2.05) is 0 Å². The number of hydrogen-bond acceptors (Lipinski definition) is 3. The summed E-state index contributed by atoms with van der Waals surface area (Å²) >= 11 is 0. The smallest absolute Gasteiger partial charge is 0.291 e. The first-order chi connectivity index (χ1) is 6.82. The van der Waals surface area contributed by atoms with Crippen molar-refractivity contribution in [1.29, 1.82) is 5.41 Å². The topological polar surface area (TPSA) is 53.8 Å². The number of halogens is 3. The van der Waals surface area contributed by atoms with Crippen LogP contribution in [0.2, 0.25) is 0 Å². The summed E-state index contributed by atoms with van der Waals surface area (Å²) in [7, 11) is -1.53. The molecule has 0 bridgehead atoms. The van der Waals surface area contributed by atoms with E-state index in [1.54, 1.807) is 0 Å². The van der Waals surface area contributed by atoms with Crippen LogP contribution < -0.4 is 0 Å². The van der Waals surface area contributed by atoms with E-state index in [4.69, 9.17) is 5.41 Å². The van der Waals surface area contributed by atoms with Gasteiger partial charge < -0.3 is 0 Å². The number of alkyl halides is 3. The number of nitrogens with zero attached hydrogens (tertiary/aromatic N) is 1. The van der Waals surface area contributed by atoms with Gasteiger partial charge in [0, 0.05) is 18.0 Å². The highest BCUT2D eigenvalue weighted by atomic mass is 32.2. The first-order valence-corrected chi connectivity index (χ1v) is 5.34. The molecule has 1 heterocycles. The van der Waals surface area contributed by atoms with Crippen LogP contribution in [0.4, 0.5) is 13.2 Å². The first-order valence-electron chi connectivity index (χ1n) is 3.78. The van der Waals surface area contributed by atoms with Crippen LogP contribution in [0.1, 0.15) is 11.3 Å². The lowest BCUT2D eigenvalue weighted by molar-refractivity contribution is -0.141. The summed E-state index contributed by atoms with van der Waals surface area (Å²) in [5, 5.41) is 7.05. The summed E-state index contributed by atoms with van der Waals surface area (Å²) in [6, 6.07) is 1.84. The van der Waals surface area contributed by atoms with Crippen LogP contribution >= 0.6 is 0 Å². The van der Waals surface area contributed by atoms with Gasteiger partial charge in [-0.2, -0.15) is 13.2 Å². The Kier molecular flexibility index (Phi) is 3.23. The standard InChI is InChI=1S/C8H7F3N2OS/c1-15(14)7(12)5-2-3-6(13-4-5)8(9,10)11/h2-4,12H,1H3. The lowest BCUT2D eigenvalue weighted by Crippen LogP contribution is -2.10. The Labute approximate surface area is 86.3 Å². The van der Waals surface area contributed by atoms with Crippen LogP contribution in [0.3, 0.4) is 0 Å². The van der Waals surface area contributed by atoms with Crippen molar-refractivity contribution in [1.82, 2.24) is 4.98 Å². The second kappa shape index (κ2) is 4.09. The maximum absolute atomic E-state index is 12.1. The van der Waals surface area contributed by atoms with Crippen LogP contribution in [0.15, 0.2) is 18.3 Å². The number of pyridine rings is 1. The first kappa shape index (κ1) is 11.8. The zero-order valence-electron chi connectivity index (χ0n) is 7.63. The molecule has 0 saturated heterocycles. The molecule has 0 spiro atoms. The van der Waals surface area contributed by atoms with Gasteiger partial charge in [0.1, 0.15) is 10.7 Å². The third-order valence-corrected chi connectivity index (χ3v) is 2.41. The van der Waals surface area contributed by atoms with Gasteiger partial charge >= 0.3 is 6.18 Å². The van der Waals surface area contributed by atoms with Gasteiger partial charge in [-0.05, 0) is 12.1 Å². The predicted molar refractivity (Wildman–Crippen MR) is 50.1 cm³/mol. The van der Waals surface area contributed by atoms with E-state index in [2.05, 4.69) is 4.98 Å². The van der Waals surface area contributed by atoms with Gasteiger partial charge in [-0.3, -0.25) is 14.6 Å². The maximum Gasteiger partial charge on any atom is 0.433 e. The minimum absolute atomic E-state index is 0.129. The summed E-state index contributed by atoms with van der Waals surface area (Å²) in [5.74, 6) is 0. The molecule has 1 atom stereocenters. The highest BCUT2D eigenvalue weighted by Gasteiger charge is 2.32. The van der Waals surface area contributed by atoms with Gasteiger partial charge in [-0.25, -0.2) is 0 Å². The molecule has 0 fully saturated rings. The molecular formula is C8H7F3N2OS. The quantitative estimate of drug-likeness (QED) is 0.597. The van der Waals surface area contributed by atoms with E-state index in [0.717, 1.165) is 18.3 Å². The third kappa shape index (κ3) is 2.85. The third-order valence-electron chi connectivity index (χ3n) is 1.60. The van der Waals surface area contributed by atoms with Crippen molar-refractivity contribution < 1.29 is 17.4 Å². The molecule has 15 heavy (non-hydrogen) atoms. The van der Waals surface area contributed by atoms with Gasteiger partial charge in [0.2, 0.25) is 0 Å². The molecule has 0 aliphatic rings. The van der Waals surface area contributed by atoms with Gasteiger partial charge in [-0.1, -0.05) is 0 Å². The zero-order valence-corrected chi connectivity index (χ0v) is 8.45. The predicted octanol–water partition coefficient (Wildman–Crippen LogP) is 1.80. The van der Waals surface area contributed by atoms with Crippen molar-refractivity contribution in [3.05, 3.63) is 29.6 Å². The summed E-state index contributed by atoms with van der Waals surface area (Å²) < 4.78 is 47.2. The van der Waals surface area contributed by atoms with Crippen molar-refractivity contribution in [3.8, 4) is 0 Å². The fourth-order valence-electron chi connectivity index (χ4n) is 0.862. The average molecular weight is 236 g/mol. The molecule has 0 aromatic carbocycles. The Morgan fingerprint density at radius 1 is 1.47 bits per heavy atom. The van der Waals surface area contributed by atoms with Gasteiger partial charge in [-0.15, -0.1) is 0 Å². The zero-order chi connectivity index (χ0) is 11.6. The summed E-state index contributed by atoms with van der Waals surface area (Å²) in [5.41, 5.74) is -0.898. The molecule has 1 unspecified atom stereocenters. The minimum Gasteiger partial charge on any atom is -0.291 e. The number of aromatic nitrogens is 1. The Morgan fingerprint density at radius 2 is 2.07 bits per heavy atom. The van der Waals surface area contributed by atoms with Gasteiger partial charge in [0.25, 0.3) is 0 Å². The van der Waals surface area contributed by atoms with E-state index in [9.17, 15) is 17.4 Å². The van der Waals surface area contributed by atoms with Crippen molar-refractivity contribution in [3.63, 3.8) is 0 Å². The van der Waals surface area contributed by atoms with Crippen LogP contribution in [0, 0.1) is 5.41 Å². The number of rotatable bonds is 1. The largest absolute Gasteiger partial charge is 0.433 e. The molecular weight excluding hydrogens is 229 g/mol. The summed E-state index contributed by atoms with van der Waals surface area (Å²) in [6.07, 6.45) is -2.32. The van der Waals surface area contributed by atoms with Crippen LogP contribution in [0.5, 0.6) is 0 Å². The highest BCUT2D eigenvalue weighted by Crippen LogP contribution is 2.27. The normalized spacial score (nSPS) is 13.6. The molecule has 0 amide bonds. The molecule has 0 aliphatic carbocycles. The Morgan fingerprint density at radius 3 is 2.40 bits per heavy atom. The summed E-state index contributed by atoms with van der Waals surface area (Å²) in [4.78, 5) is 3.15. The molecule has 0 radical (unpaired) electrons. The molecule has 7 heteroatoms. The molecule has 3 nitrogen and oxygen atoms in total. The van der Waals surface area contributed by atoms with Gasteiger partial charge in [0.15, 0.2) is 0 Å². The molecule has 0 aliphatic heterocycles. The minimum atomic E-state index is -4.49. The van der Waals surface area contributed by atoms with Crippen LogP contribution in [-0.2, 0) is 17.0 Å². The molecule has 0 saturated carbocycles. The van der Waals surface area contributed by atoms with E-state index in [0.29, 0.717) is 0 Å². The Hall–Kier alpha value is -1.24. The van der Waals surface area contributed by atoms with E-state index in [-0.39, 0.29) is 10.6 Å². The molecule has 1 aromatic rings. The van der Waals surface area contributed by atoms with Crippen molar-refractivity contribution in [2.24, 2.45) is 0 Å². The van der Waals surface area contributed by atoms with E-state index in [1.165, 1.54) is 6.26 Å². The molecule has 1 aromatic heterocycles. The number of hydrogen-bond donors (Lipinski definition) is 1. The second-order valence-corrected chi connectivity index (χ2v) is 4.03. The molecule has 1 rings (SSSR count). The van der Waals surface area contributed by atoms with Crippen molar-refractivity contribution in [2.75, 3.05) is 6.26 Å². The lowest BCUT2D eigenvalue weighted by Gasteiger charge is -2.06. The van der Waals surface area contributed by atoms with Crippen molar-refractivity contribution in [2.45, 2.75) is 6.18 Å². The fourth-order valence-corrected chi connectivity index (χ4v) is 1.31. The average Bonchev–Trinajstić information content (AvgIpc) is 2.15. The molecule has 82 valence electrons. The van der Waals surface area contributed by atoms with Crippen LogP contribution in [0.25, 0.3) is 0 Å². The Bertz CT molecular complexity index is 399. The fraction of sp³-hybridized carbons (Fsp3) is 0.250. The SMILES string of the molecule is CS(=O)C(=N)c1ccc(C(F)(F)F)nc1. The van der Waals surface area contributed by atoms with Gasteiger partial charge in [0.05, 0.1) is 10.8 Å². The van der Waals surface area contributed by atoms with E-state index >= 15 is 0 Å². The summed E-state index contributed by atoms with van der Waals surface area (Å²) in [6.45, 7) is 0. The van der Waals surface area contributed by atoms with Crippen LogP contribution in [-0.4, -0.2) is 20.5 Å². The van der Waals surface area contributed by atoms with E-state index < -0.39 is 22.7 Å². The monoisotopic (exact) mass is 236 g/mol. The maximum atomic E-state index is 12.1. The second-order valence-electron chi connectivity index (χ2n) is 2.71.